The number of hydrogen-bond acceptors (Lipinski definition) is 7. The molecule has 2 fully saturated rings. The molecule has 0 bridgehead atoms. The van der Waals surface area contributed by atoms with E-state index in [9.17, 15) is 36.0 Å². The van der Waals surface area contributed by atoms with E-state index >= 15 is 0 Å². The monoisotopic (exact) mass is 567 g/mol. The number of hydrogen-bond donors (Lipinski definition) is 1. The van der Waals surface area contributed by atoms with Gasteiger partial charge in [0.25, 0.3) is 15.7 Å². The van der Waals surface area contributed by atoms with Crippen LogP contribution in [0.1, 0.15) is 50.0 Å². The van der Waals surface area contributed by atoms with Gasteiger partial charge < -0.3 is 10.2 Å². The molecule has 10 nitrogen and oxygen atoms in total. The highest BCUT2D eigenvalue weighted by atomic mass is 32.2. The summed E-state index contributed by atoms with van der Waals surface area (Å²) >= 11 is 0. The first-order valence-corrected chi connectivity index (χ1v) is 13.6. The van der Waals surface area contributed by atoms with Gasteiger partial charge in [0, 0.05) is 17.8 Å². The summed E-state index contributed by atoms with van der Waals surface area (Å²) in [6.45, 7) is 4.76. The Labute approximate surface area is 223 Å². The summed E-state index contributed by atoms with van der Waals surface area (Å²) in [5.74, 6) is -0.522. The number of nitrogens with one attached hydrogen (secondary N) is 1. The summed E-state index contributed by atoms with van der Waals surface area (Å²) in [7, 11) is -3.57. The van der Waals surface area contributed by atoms with Crippen LogP contribution in [0.25, 0.3) is 0 Å². The molecule has 1 aromatic carbocycles. The molecule has 1 N–H and O–H groups in total. The number of carbonyl (C=O) groups excluding carboxylic acids is 3. The van der Waals surface area contributed by atoms with Gasteiger partial charge in [-0.05, 0) is 88.8 Å². The normalized spacial score (nSPS) is 19.8. The van der Waals surface area contributed by atoms with Crippen molar-refractivity contribution in [1.29, 1.82) is 0 Å². The van der Waals surface area contributed by atoms with Crippen molar-refractivity contribution in [2.75, 3.05) is 25.0 Å². The summed E-state index contributed by atoms with van der Waals surface area (Å²) in [5, 5.41) is 2.61. The molecule has 14 heteroatoms. The van der Waals surface area contributed by atoms with Gasteiger partial charge in [-0.25, -0.2) is 18.1 Å². The topological polar surface area (TPSA) is 120 Å². The maximum Gasteiger partial charge on any atom is 0.501 e. The van der Waals surface area contributed by atoms with Crippen molar-refractivity contribution in [3.8, 4) is 0 Å². The quantitative estimate of drug-likeness (QED) is 0.403. The summed E-state index contributed by atoms with van der Waals surface area (Å²) in [6, 6.07) is 5.88. The molecule has 2 aromatic rings. The molecule has 1 unspecified atom stereocenters. The Morgan fingerprint density at radius 3 is 2.28 bits per heavy atom. The van der Waals surface area contributed by atoms with Crippen LogP contribution in [-0.2, 0) is 19.4 Å². The summed E-state index contributed by atoms with van der Waals surface area (Å²) < 4.78 is 62.2. The van der Waals surface area contributed by atoms with Crippen molar-refractivity contribution in [2.45, 2.75) is 54.7 Å². The van der Waals surface area contributed by atoms with Crippen molar-refractivity contribution in [2.24, 2.45) is 0 Å². The van der Waals surface area contributed by atoms with E-state index in [0.717, 1.165) is 48.7 Å². The fraction of sp³-hybridized carbons (Fsp3) is 0.440. The minimum absolute atomic E-state index is 0.117. The molecule has 2 aliphatic rings. The van der Waals surface area contributed by atoms with Gasteiger partial charge in [0.1, 0.15) is 11.7 Å². The van der Waals surface area contributed by atoms with Crippen LogP contribution in [0.3, 0.4) is 0 Å². The van der Waals surface area contributed by atoms with E-state index in [0.29, 0.717) is 24.1 Å². The minimum atomic E-state index is -5.61. The molecule has 2 saturated heterocycles. The number of rotatable bonds is 7. The average Bonchev–Trinajstić information content (AvgIpc) is 3.06. The van der Waals surface area contributed by atoms with Gasteiger partial charge in [-0.2, -0.15) is 13.2 Å². The number of benzene rings is 1. The summed E-state index contributed by atoms with van der Waals surface area (Å²) in [5.41, 5.74) is -5.78. The van der Waals surface area contributed by atoms with Gasteiger partial charge in [-0.3, -0.25) is 19.5 Å². The lowest BCUT2D eigenvalue weighted by Crippen LogP contribution is -2.50. The Morgan fingerprint density at radius 2 is 1.72 bits per heavy atom. The van der Waals surface area contributed by atoms with E-state index < -0.39 is 43.9 Å². The first-order chi connectivity index (χ1) is 18.2. The standard InChI is InChI=1S/C25H28F3N5O5S/c1-24(2)22(35)32(18-4-6-19(7-5-18)39(37,38)25(26,27)28)23(36)33(24)21(30-15-34)17-8-11-29-20(14-17)16-9-12-31(3)13-10-16/h4-8,11,14-16,21H,9-10,12-13H2,1-3H3,(H,30,34). The molecule has 0 radical (unpaired) electrons. The van der Waals surface area contributed by atoms with Gasteiger partial charge in [0.2, 0.25) is 6.41 Å². The fourth-order valence-corrected chi connectivity index (χ4v) is 5.69. The predicted octanol–water partition coefficient (Wildman–Crippen LogP) is 3.18. The van der Waals surface area contributed by atoms with Crippen molar-refractivity contribution in [3.05, 3.63) is 53.9 Å². The number of urea groups is 1. The number of piperidine rings is 1. The molecule has 0 saturated carbocycles. The molecule has 0 aliphatic carbocycles. The number of halogens is 3. The average molecular weight is 568 g/mol. The number of aromatic nitrogens is 1. The Morgan fingerprint density at radius 1 is 1.10 bits per heavy atom. The molecule has 4 amide bonds. The highest BCUT2D eigenvalue weighted by Gasteiger charge is 2.55. The molecule has 1 aromatic heterocycles. The van der Waals surface area contributed by atoms with Crippen LogP contribution in [0.2, 0.25) is 0 Å². The van der Waals surface area contributed by atoms with Crippen LogP contribution in [0.4, 0.5) is 23.7 Å². The second-order valence-electron chi connectivity index (χ2n) is 10.1. The Kier molecular flexibility index (Phi) is 7.47. The SMILES string of the molecule is CN1CCC(c2cc(C(NC=O)N3C(=O)N(c4ccc(S(=O)(=O)C(F)(F)F)cc4)C(=O)C3(C)C)ccn2)CC1. The number of sulfone groups is 1. The van der Waals surface area contributed by atoms with Gasteiger partial charge in [-0.1, -0.05) is 0 Å². The van der Waals surface area contributed by atoms with Crippen LogP contribution < -0.4 is 10.2 Å². The number of nitrogens with zero attached hydrogens (tertiary/aromatic N) is 4. The van der Waals surface area contributed by atoms with E-state index in [1.54, 1.807) is 18.3 Å². The van der Waals surface area contributed by atoms with Crippen LogP contribution in [0.15, 0.2) is 47.5 Å². The van der Waals surface area contributed by atoms with Crippen LogP contribution in [0, 0.1) is 0 Å². The smallest absolute Gasteiger partial charge is 0.334 e. The first kappa shape index (κ1) is 28.5. The lowest BCUT2D eigenvalue weighted by atomic mass is 9.92. The van der Waals surface area contributed by atoms with Crippen molar-refractivity contribution in [1.82, 2.24) is 20.1 Å². The van der Waals surface area contributed by atoms with E-state index in [2.05, 4.69) is 15.2 Å². The Hall–Kier alpha value is -3.52. The molecular formula is C25H28F3N5O5S. The molecule has 2 aliphatic heterocycles. The largest absolute Gasteiger partial charge is 0.501 e. The number of likely N-dealkylation sites (tertiary alicyclic amines) is 1. The zero-order valence-corrected chi connectivity index (χ0v) is 22.3. The number of imide groups is 1. The molecule has 0 spiro atoms. The van der Waals surface area contributed by atoms with Gasteiger partial charge in [-0.15, -0.1) is 0 Å². The van der Waals surface area contributed by atoms with Crippen molar-refractivity contribution >= 4 is 33.9 Å². The third-order valence-corrected chi connectivity index (χ3v) is 8.68. The van der Waals surface area contributed by atoms with Crippen molar-refractivity contribution in [3.63, 3.8) is 0 Å². The van der Waals surface area contributed by atoms with Crippen LogP contribution in [0.5, 0.6) is 0 Å². The van der Waals surface area contributed by atoms with E-state index in [1.165, 1.54) is 18.7 Å². The van der Waals surface area contributed by atoms with E-state index in [-0.39, 0.29) is 11.6 Å². The molecule has 210 valence electrons. The van der Waals surface area contributed by atoms with E-state index in [1.807, 2.05) is 7.05 Å². The number of carbonyl (C=O) groups is 3. The maximum absolute atomic E-state index is 13.6. The van der Waals surface area contributed by atoms with Gasteiger partial charge >= 0.3 is 11.5 Å². The minimum Gasteiger partial charge on any atom is -0.334 e. The summed E-state index contributed by atoms with van der Waals surface area (Å²) in [6.07, 6.45) is 2.71. The number of alkyl halides is 3. The van der Waals surface area contributed by atoms with Gasteiger partial charge in [0.05, 0.1) is 10.6 Å². The lowest BCUT2D eigenvalue weighted by Gasteiger charge is -2.35. The molecular weight excluding hydrogens is 539 g/mol. The Balaban J connectivity index is 1.68. The lowest BCUT2D eigenvalue weighted by molar-refractivity contribution is -0.125. The zero-order chi connectivity index (χ0) is 28.8. The summed E-state index contributed by atoms with van der Waals surface area (Å²) in [4.78, 5) is 46.3. The Bertz CT molecular complexity index is 1370. The predicted molar refractivity (Wildman–Crippen MR) is 134 cm³/mol. The number of pyridine rings is 1. The third kappa shape index (κ3) is 5.10. The maximum atomic E-state index is 13.6. The van der Waals surface area contributed by atoms with Crippen LogP contribution >= 0.6 is 0 Å². The second kappa shape index (κ2) is 10.2. The molecule has 39 heavy (non-hydrogen) atoms. The van der Waals surface area contributed by atoms with E-state index in [4.69, 9.17) is 0 Å². The molecule has 4 rings (SSSR count). The van der Waals surface area contributed by atoms with Crippen LogP contribution in [-0.4, -0.2) is 72.7 Å². The first-order valence-electron chi connectivity index (χ1n) is 12.1. The molecule has 1 atom stereocenters. The number of anilines is 1. The highest BCUT2D eigenvalue weighted by molar-refractivity contribution is 7.92. The number of amides is 4. The second-order valence-corrected chi connectivity index (χ2v) is 12.0. The highest BCUT2D eigenvalue weighted by Crippen LogP contribution is 2.39. The fourth-order valence-electron chi connectivity index (χ4n) is 4.93. The van der Waals surface area contributed by atoms with Gasteiger partial charge in [0.15, 0.2) is 0 Å². The molecule has 3 heterocycles. The van der Waals surface area contributed by atoms with Crippen molar-refractivity contribution < 1.29 is 36.0 Å². The zero-order valence-electron chi connectivity index (χ0n) is 21.5. The third-order valence-electron chi connectivity index (χ3n) is 7.18.